The highest BCUT2D eigenvalue weighted by Gasteiger charge is 2.16. The van der Waals surface area contributed by atoms with Gasteiger partial charge in [0.1, 0.15) is 5.69 Å². The number of amides is 1. The van der Waals surface area contributed by atoms with Gasteiger partial charge in [-0.05, 0) is 30.5 Å². The lowest BCUT2D eigenvalue weighted by Gasteiger charge is -2.20. The lowest BCUT2D eigenvalue weighted by Crippen LogP contribution is -2.24. The van der Waals surface area contributed by atoms with Crippen molar-refractivity contribution < 1.29 is 4.79 Å². The van der Waals surface area contributed by atoms with E-state index in [-0.39, 0.29) is 11.3 Å². The number of nitrogens with zero attached hydrogens (tertiary/aromatic N) is 3. The van der Waals surface area contributed by atoms with Crippen LogP contribution < -0.4 is 10.9 Å². The first-order chi connectivity index (χ1) is 13.7. The highest BCUT2D eigenvalue weighted by atomic mass is 16.2. The topological polar surface area (TPSA) is 92.7 Å². The van der Waals surface area contributed by atoms with Gasteiger partial charge >= 0.3 is 0 Å². The maximum absolute atomic E-state index is 12.6. The van der Waals surface area contributed by atoms with Gasteiger partial charge in [-0.15, -0.1) is 0 Å². The van der Waals surface area contributed by atoms with Crippen LogP contribution in [0, 0.1) is 5.92 Å². The van der Waals surface area contributed by atoms with Gasteiger partial charge in [0.05, 0.1) is 5.69 Å². The van der Waals surface area contributed by atoms with Crippen molar-refractivity contribution >= 4 is 11.7 Å². The number of aromatic nitrogens is 4. The van der Waals surface area contributed by atoms with Crippen LogP contribution in [-0.2, 0) is 6.42 Å². The van der Waals surface area contributed by atoms with E-state index in [4.69, 9.17) is 0 Å². The van der Waals surface area contributed by atoms with Crippen LogP contribution in [0.1, 0.15) is 48.3 Å². The molecular formula is C21H23N5O2. The molecule has 4 rings (SSSR count). The first kappa shape index (κ1) is 18.2. The van der Waals surface area contributed by atoms with Crippen molar-refractivity contribution in [3.8, 4) is 5.69 Å². The van der Waals surface area contributed by atoms with Gasteiger partial charge in [0, 0.05) is 17.8 Å². The Morgan fingerprint density at radius 3 is 2.68 bits per heavy atom. The van der Waals surface area contributed by atoms with E-state index in [1.807, 2.05) is 24.3 Å². The van der Waals surface area contributed by atoms with E-state index in [0.29, 0.717) is 17.4 Å². The Morgan fingerprint density at radius 2 is 1.89 bits per heavy atom. The fourth-order valence-electron chi connectivity index (χ4n) is 3.70. The van der Waals surface area contributed by atoms with E-state index in [2.05, 4.69) is 20.6 Å². The maximum Gasteiger partial charge on any atom is 0.277 e. The van der Waals surface area contributed by atoms with E-state index in [1.165, 1.54) is 48.9 Å². The molecular weight excluding hydrogens is 354 g/mol. The summed E-state index contributed by atoms with van der Waals surface area (Å²) in [6, 6.07) is 13.7. The van der Waals surface area contributed by atoms with Crippen LogP contribution in [0.2, 0.25) is 0 Å². The first-order valence-corrected chi connectivity index (χ1v) is 9.70. The zero-order valence-corrected chi connectivity index (χ0v) is 15.6. The molecule has 144 valence electrons. The van der Waals surface area contributed by atoms with Crippen LogP contribution in [0.5, 0.6) is 0 Å². The molecule has 1 saturated carbocycles. The van der Waals surface area contributed by atoms with Crippen molar-refractivity contribution in [1.82, 2.24) is 20.0 Å². The monoisotopic (exact) mass is 377 g/mol. The molecule has 0 unspecified atom stereocenters. The first-order valence-electron chi connectivity index (χ1n) is 9.70. The summed E-state index contributed by atoms with van der Waals surface area (Å²) in [5.74, 6) is 0.754. The molecule has 1 aromatic carbocycles. The van der Waals surface area contributed by atoms with E-state index in [1.54, 1.807) is 12.1 Å². The van der Waals surface area contributed by atoms with Crippen molar-refractivity contribution in [2.24, 2.45) is 5.92 Å². The summed E-state index contributed by atoms with van der Waals surface area (Å²) in [7, 11) is 0. The van der Waals surface area contributed by atoms with Gasteiger partial charge in [-0.25, -0.2) is 0 Å². The van der Waals surface area contributed by atoms with Gasteiger partial charge in [-0.1, -0.05) is 50.3 Å². The Morgan fingerprint density at radius 1 is 1.11 bits per heavy atom. The molecule has 0 saturated heterocycles. The van der Waals surface area contributed by atoms with Gasteiger partial charge in [-0.3, -0.25) is 14.7 Å². The molecule has 2 aromatic heterocycles. The zero-order valence-electron chi connectivity index (χ0n) is 15.6. The standard InChI is InChI=1S/C21H23N5O2/c27-20-12-11-18(25-26(20)17-9-5-2-6-10-17)21(28)22-19-14-16(23-24-19)13-15-7-3-1-4-8-15/h2,5-6,9-12,14-15H,1,3-4,7-8,13H2,(H2,22,23,24,28). The van der Waals surface area contributed by atoms with E-state index < -0.39 is 5.91 Å². The average Bonchev–Trinajstić information content (AvgIpc) is 3.16. The maximum atomic E-state index is 12.6. The molecule has 0 radical (unpaired) electrons. The van der Waals surface area contributed by atoms with Gasteiger partial charge in [0.25, 0.3) is 11.5 Å². The van der Waals surface area contributed by atoms with Crippen molar-refractivity contribution in [1.29, 1.82) is 0 Å². The van der Waals surface area contributed by atoms with Gasteiger partial charge < -0.3 is 5.32 Å². The number of nitrogens with one attached hydrogen (secondary N) is 2. The summed E-state index contributed by atoms with van der Waals surface area (Å²) in [4.78, 5) is 24.7. The molecule has 7 heteroatoms. The van der Waals surface area contributed by atoms with Crippen molar-refractivity contribution in [2.45, 2.75) is 38.5 Å². The number of H-pyrrole nitrogens is 1. The number of carbonyl (C=O) groups is 1. The molecule has 1 amide bonds. The summed E-state index contributed by atoms with van der Waals surface area (Å²) < 4.78 is 1.22. The van der Waals surface area contributed by atoms with Crippen LogP contribution in [-0.4, -0.2) is 25.9 Å². The van der Waals surface area contributed by atoms with Gasteiger partial charge in [0.2, 0.25) is 0 Å². The Kier molecular flexibility index (Phi) is 5.32. The molecule has 1 aliphatic rings. The Hall–Kier alpha value is -3.22. The van der Waals surface area contributed by atoms with Crippen LogP contribution in [0.3, 0.4) is 0 Å². The average molecular weight is 377 g/mol. The summed E-state index contributed by atoms with van der Waals surface area (Å²) in [6.45, 7) is 0. The van der Waals surface area contributed by atoms with E-state index >= 15 is 0 Å². The molecule has 1 aliphatic carbocycles. The van der Waals surface area contributed by atoms with Crippen LogP contribution >= 0.6 is 0 Å². The molecule has 0 atom stereocenters. The summed E-state index contributed by atoms with van der Waals surface area (Å²) >= 11 is 0. The van der Waals surface area contributed by atoms with Crippen molar-refractivity contribution in [3.05, 3.63) is 70.3 Å². The Bertz CT molecular complexity index is 1000. The van der Waals surface area contributed by atoms with Crippen molar-refractivity contribution in [2.75, 3.05) is 5.32 Å². The minimum atomic E-state index is -0.402. The number of rotatable bonds is 5. The molecule has 2 N–H and O–H groups in total. The Labute approximate surface area is 162 Å². The number of carbonyl (C=O) groups excluding carboxylic acids is 1. The largest absolute Gasteiger partial charge is 0.304 e. The summed E-state index contributed by atoms with van der Waals surface area (Å²) in [5.41, 5.74) is 1.50. The third-order valence-electron chi connectivity index (χ3n) is 5.14. The van der Waals surface area contributed by atoms with Gasteiger partial charge in [0.15, 0.2) is 5.82 Å². The molecule has 3 aromatic rings. The number of anilines is 1. The highest BCUT2D eigenvalue weighted by Crippen LogP contribution is 2.26. The molecule has 2 heterocycles. The predicted molar refractivity (Wildman–Crippen MR) is 107 cm³/mol. The van der Waals surface area contributed by atoms with Crippen LogP contribution in [0.4, 0.5) is 5.82 Å². The molecule has 0 aliphatic heterocycles. The van der Waals surface area contributed by atoms with Crippen LogP contribution in [0.15, 0.2) is 53.3 Å². The third kappa shape index (κ3) is 4.19. The summed E-state index contributed by atoms with van der Waals surface area (Å²) in [5, 5.41) is 14.2. The second-order valence-corrected chi connectivity index (χ2v) is 7.24. The molecule has 0 spiro atoms. The Balaban J connectivity index is 1.46. The quantitative estimate of drug-likeness (QED) is 0.713. The number of hydrogen-bond acceptors (Lipinski definition) is 4. The zero-order chi connectivity index (χ0) is 19.3. The van der Waals surface area contributed by atoms with E-state index in [9.17, 15) is 9.59 Å². The summed E-state index contributed by atoms with van der Waals surface area (Å²) in [6.07, 6.45) is 7.40. The minimum Gasteiger partial charge on any atom is -0.304 e. The SMILES string of the molecule is O=C(Nc1cc(CC2CCCCC2)[nH]n1)c1ccc(=O)n(-c2ccccc2)n1. The predicted octanol–water partition coefficient (Wildman–Crippen LogP) is 3.33. The third-order valence-corrected chi connectivity index (χ3v) is 5.14. The molecule has 7 nitrogen and oxygen atoms in total. The van der Waals surface area contributed by atoms with Crippen molar-refractivity contribution in [3.63, 3.8) is 0 Å². The number of benzene rings is 1. The van der Waals surface area contributed by atoms with Gasteiger partial charge in [-0.2, -0.15) is 14.9 Å². The number of aromatic amines is 1. The number of hydrogen-bond donors (Lipinski definition) is 2. The molecule has 28 heavy (non-hydrogen) atoms. The highest BCUT2D eigenvalue weighted by molar-refractivity contribution is 6.02. The molecule has 0 bridgehead atoms. The molecule has 1 fully saturated rings. The lowest BCUT2D eigenvalue weighted by molar-refractivity contribution is 0.102. The lowest BCUT2D eigenvalue weighted by atomic mass is 9.86. The van der Waals surface area contributed by atoms with Crippen LogP contribution in [0.25, 0.3) is 5.69 Å². The van der Waals surface area contributed by atoms with E-state index in [0.717, 1.165) is 12.1 Å². The number of para-hydroxylation sites is 1. The second-order valence-electron chi connectivity index (χ2n) is 7.24. The normalized spacial score (nSPS) is 14.7. The minimum absolute atomic E-state index is 0.153. The fourth-order valence-corrected chi connectivity index (χ4v) is 3.70. The fraction of sp³-hybridized carbons (Fsp3) is 0.333. The smallest absolute Gasteiger partial charge is 0.277 e. The second kappa shape index (κ2) is 8.21.